The molecular formula is C33H35BrN4O4Si. The van der Waals surface area contributed by atoms with Crippen molar-refractivity contribution in [2.75, 3.05) is 7.11 Å². The molecule has 0 radical (unpaired) electrons. The molecule has 2 aromatic heterocycles. The quantitative estimate of drug-likeness (QED) is 0.154. The van der Waals surface area contributed by atoms with E-state index in [1.807, 2.05) is 63.2 Å². The molecule has 0 bridgehead atoms. The lowest BCUT2D eigenvalue weighted by atomic mass is 9.87. The van der Waals surface area contributed by atoms with Gasteiger partial charge in [-0.15, -0.1) is 5.54 Å². The number of esters is 1. The van der Waals surface area contributed by atoms with Gasteiger partial charge >= 0.3 is 12.0 Å². The first-order valence-electron chi connectivity index (χ1n) is 14.1. The van der Waals surface area contributed by atoms with Gasteiger partial charge in [-0.2, -0.15) is 0 Å². The third kappa shape index (κ3) is 6.68. The van der Waals surface area contributed by atoms with E-state index in [-0.39, 0.29) is 0 Å². The van der Waals surface area contributed by atoms with Gasteiger partial charge in [-0.1, -0.05) is 59.8 Å². The van der Waals surface area contributed by atoms with Crippen molar-refractivity contribution in [1.29, 1.82) is 0 Å². The lowest BCUT2D eigenvalue weighted by Crippen LogP contribution is -2.51. The van der Waals surface area contributed by atoms with E-state index >= 15 is 0 Å². The Kier molecular flexibility index (Phi) is 8.25. The predicted molar refractivity (Wildman–Crippen MR) is 173 cm³/mol. The number of aromatic nitrogens is 3. The molecule has 1 amide bonds. The summed E-state index contributed by atoms with van der Waals surface area (Å²) in [4.78, 5) is 41.0. The zero-order chi connectivity index (χ0) is 31.1. The van der Waals surface area contributed by atoms with Crippen LogP contribution in [0.25, 0.3) is 22.0 Å². The number of methoxy groups -OCH3 is 1. The summed E-state index contributed by atoms with van der Waals surface area (Å²) in [6.07, 6.45) is 3.77. The Morgan fingerprint density at radius 3 is 2.33 bits per heavy atom. The van der Waals surface area contributed by atoms with Crippen LogP contribution in [0.5, 0.6) is 6.01 Å². The smallest absolute Gasteiger partial charge is 0.328 e. The van der Waals surface area contributed by atoms with E-state index in [9.17, 15) is 9.59 Å². The Hall–Kier alpha value is -3.94. The molecule has 3 heterocycles. The monoisotopic (exact) mass is 658 g/mol. The van der Waals surface area contributed by atoms with Crippen LogP contribution in [-0.2, 0) is 20.7 Å². The molecule has 2 unspecified atom stereocenters. The van der Waals surface area contributed by atoms with Crippen molar-refractivity contribution < 1.29 is 19.1 Å². The predicted octanol–water partition coefficient (Wildman–Crippen LogP) is 6.46. The maximum Gasteiger partial charge on any atom is 0.328 e. The van der Waals surface area contributed by atoms with Gasteiger partial charge in [0.15, 0.2) is 0 Å². The van der Waals surface area contributed by atoms with E-state index in [1.54, 1.807) is 17.3 Å². The second-order valence-electron chi connectivity index (χ2n) is 12.7. The first kappa shape index (κ1) is 30.5. The van der Waals surface area contributed by atoms with E-state index < -0.39 is 37.6 Å². The third-order valence-corrected chi connectivity index (χ3v) is 8.39. The lowest BCUT2D eigenvalue weighted by molar-refractivity contribution is -0.153. The van der Waals surface area contributed by atoms with Crippen molar-refractivity contribution in [2.24, 2.45) is 0 Å². The summed E-state index contributed by atoms with van der Waals surface area (Å²) < 4.78 is 11.9. The molecular weight excluding hydrogens is 624 g/mol. The zero-order valence-electron chi connectivity index (χ0n) is 25.4. The van der Waals surface area contributed by atoms with Crippen LogP contribution < -0.4 is 4.74 Å². The molecule has 222 valence electrons. The fourth-order valence-electron chi connectivity index (χ4n) is 5.18. The number of halogens is 1. The molecule has 1 N–H and O–H groups in total. The fourth-order valence-corrected chi connectivity index (χ4v) is 6.02. The minimum Gasteiger partial charge on any atom is -0.467 e. The number of hydrogen-bond acceptors (Lipinski definition) is 6. The van der Waals surface area contributed by atoms with Gasteiger partial charge in [0.05, 0.1) is 13.2 Å². The molecule has 0 spiro atoms. The summed E-state index contributed by atoms with van der Waals surface area (Å²) in [5.74, 6) is 1.99. The van der Waals surface area contributed by atoms with Gasteiger partial charge in [0.1, 0.15) is 19.7 Å². The maximum atomic E-state index is 13.9. The second-order valence-corrected chi connectivity index (χ2v) is 18.3. The molecule has 10 heteroatoms. The third-order valence-electron chi connectivity index (χ3n) is 7.02. The Labute approximate surface area is 261 Å². The molecule has 0 saturated carbocycles. The van der Waals surface area contributed by atoms with E-state index in [2.05, 4.69) is 62.0 Å². The molecule has 1 aliphatic rings. The number of ether oxygens (including phenoxy) is 2. The van der Waals surface area contributed by atoms with Crippen LogP contribution in [-0.4, -0.2) is 58.6 Å². The summed E-state index contributed by atoms with van der Waals surface area (Å²) in [5, 5.41) is 0.995. The van der Waals surface area contributed by atoms with Crippen LogP contribution >= 0.6 is 15.9 Å². The van der Waals surface area contributed by atoms with Gasteiger partial charge < -0.3 is 19.4 Å². The molecule has 5 rings (SSSR count). The van der Waals surface area contributed by atoms with Crippen molar-refractivity contribution in [3.8, 4) is 28.6 Å². The van der Waals surface area contributed by atoms with Gasteiger partial charge in [-0.25, -0.2) is 14.8 Å². The Morgan fingerprint density at radius 1 is 1.05 bits per heavy atom. The highest BCUT2D eigenvalue weighted by Crippen LogP contribution is 2.42. The average Bonchev–Trinajstić information content (AvgIpc) is 3.31. The summed E-state index contributed by atoms with van der Waals surface area (Å²) in [6.45, 7) is 12.1. The van der Waals surface area contributed by atoms with Crippen LogP contribution in [0.3, 0.4) is 0 Å². The molecule has 0 fully saturated rings. The number of carbonyl (C=O) groups excluding carboxylic acids is 2. The Bertz CT molecular complexity index is 1740. The normalized spacial score (nSPS) is 16.7. The number of H-pyrrole nitrogens is 1. The van der Waals surface area contributed by atoms with Gasteiger partial charge in [0.2, 0.25) is 0 Å². The van der Waals surface area contributed by atoms with Crippen molar-refractivity contribution >= 4 is 46.8 Å². The first-order chi connectivity index (χ1) is 20.2. The largest absolute Gasteiger partial charge is 0.467 e. The van der Waals surface area contributed by atoms with E-state index in [0.29, 0.717) is 12.4 Å². The molecule has 4 aromatic rings. The van der Waals surface area contributed by atoms with E-state index in [0.717, 1.165) is 43.3 Å². The molecule has 0 aliphatic carbocycles. The highest BCUT2D eigenvalue weighted by Gasteiger charge is 2.44. The summed E-state index contributed by atoms with van der Waals surface area (Å²) in [5.41, 5.74) is 8.11. The number of amides is 1. The molecule has 2 aromatic carbocycles. The van der Waals surface area contributed by atoms with Crippen LogP contribution in [0.1, 0.15) is 43.6 Å². The Balaban J connectivity index is 1.62. The van der Waals surface area contributed by atoms with Gasteiger partial charge in [-0.05, 0) is 61.6 Å². The number of rotatable bonds is 4. The average molecular weight is 660 g/mol. The summed E-state index contributed by atoms with van der Waals surface area (Å²) >= 11 is 3.58. The highest BCUT2D eigenvalue weighted by molar-refractivity contribution is 9.10. The lowest BCUT2D eigenvalue weighted by Gasteiger charge is -2.40. The molecule has 2 atom stereocenters. The van der Waals surface area contributed by atoms with Gasteiger partial charge in [0.25, 0.3) is 5.91 Å². The molecule has 1 aliphatic heterocycles. The topological polar surface area (TPSA) is 97.4 Å². The van der Waals surface area contributed by atoms with Crippen LogP contribution in [0.15, 0.2) is 59.3 Å². The number of fused-ring (bicyclic) bond motifs is 3. The van der Waals surface area contributed by atoms with Crippen LogP contribution in [0.4, 0.5) is 0 Å². The molecule has 0 saturated heterocycles. The second kappa shape index (κ2) is 11.6. The van der Waals surface area contributed by atoms with Crippen LogP contribution in [0, 0.1) is 11.5 Å². The van der Waals surface area contributed by atoms with Crippen molar-refractivity contribution in [2.45, 2.75) is 64.5 Å². The number of carbonyl (C=O) groups is 2. The van der Waals surface area contributed by atoms with E-state index in [4.69, 9.17) is 9.47 Å². The summed E-state index contributed by atoms with van der Waals surface area (Å²) in [7, 11) is -0.517. The van der Waals surface area contributed by atoms with Crippen molar-refractivity contribution in [3.05, 3.63) is 76.2 Å². The van der Waals surface area contributed by atoms with Crippen LogP contribution in [0.2, 0.25) is 19.6 Å². The Morgan fingerprint density at radius 2 is 1.72 bits per heavy atom. The first-order valence-corrected chi connectivity index (χ1v) is 18.4. The minimum atomic E-state index is -1.87. The SMILES string of the molecule is COC(=O)C1Cc2c([nH]c3ccc(Br)cc23)C(c2ccc(-c3cnc(OC(C)(C)C)nc3)cc2)N1C(=O)C#C[Si](C)(C)C. The maximum absolute atomic E-state index is 13.9. The number of aromatic amines is 1. The number of hydrogen-bond donors (Lipinski definition) is 1. The zero-order valence-corrected chi connectivity index (χ0v) is 28.0. The standard InChI is InChI=1S/C33H35BrN4O4Si/c1-33(2,3)42-32-35-18-22(19-36-32)20-8-10-21(11-9-20)30-29-25(24-16-23(34)12-13-26(24)37-29)17-27(31(40)41-4)38(30)28(39)14-15-43(5,6)7/h8-13,16,18-19,27,30,37H,17H2,1-7H3. The number of nitrogens with one attached hydrogen (secondary N) is 1. The molecule has 8 nitrogen and oxygen atoms in total. The number of benzene rings is 2. The fraction of sp³-hybridized carbons (Fsp3) is 0.333. The van der Waals surface area contributed by atoms with Crippen molar-refractivity contribution in [1.82, 2.24) is 19.9 Å². The minimum absolute atomic E-state index is 0.313. The number of nitrogens with zero attached hydrogens (tertiary/aromatic N) is 3. The molecule has 43 heavy (non-hydrogen) atoms. The van der Waals surface area contributed by atoms with E-state index in [1.165, 1.54) is 7.11 Å². The van der Waals surface area contributed by atoms with Gasteiger partial charge in [0, 0.05) is 45.4 Å². The van der Waals surface area contributed by atoms with Gasteiger partial charge in [-0.3, -0.25) is 4.79 Å². The summed E-state index contributed by atoms with van der Waals surface area (Å²) in [6, 6.07) is 12.8. The highest BCUT2D eigenvalue weighted by atomic mass is 79.9. The van der Waals surface area contributed by atoms with Crippen molar-refractivity contribution in [3.63, 3.8) is 0 Å².